The average molecular weight is 197 g/mol. The lowest BCUT2D eigenvalue weighted by molar-refractivity contribution is -0.147. The summed E-state index contributed by atoms with van der Waals surface area (Å²) in [5, 5.41) is 2.78. The van der Waals surface area contributed by atoms with Crippen molar-refractivity contribution in [3.8, 4) is 12.3 Å². The lowest BCUT2D eigenvalue weighted by Gasteiger charge is -2.14. The van der Waals surface area contributed by atoms with E-state index in [9.17, 15) is 4.79 Å². The molecule has 1 unspecified atom stereocenters. The summed E-state index contributed by atoms with van der Waals surface area (Å²) in [6.45, 7) is 6.68. The Morgan fingerprint density at radius 2 is 2.14 bits per heavy atom. The zero-order chi connectivity index (χ0) is 11.0. The SMILES string of the molecule is C#CCNCC(=O)OC(C)CC(C)C. The van der Waals surface area contributed by atoms with Gasteiger partial charge < -0.3 is 4.74 Å². The first kappa shape index (κ1) is 13.0. The Hall–Kier alpha value is -1.01. The summed E-state index contributed by atoms with van der Waals surface area (Å²) in [6, 6.07) is 0. The normalized spacial score (nSPS) is 12.2. The van der Waals surface area contributed by atoms with Crippen molar-refractivity contribution >= 4 is 5.97 Å². The fraction of sp³-hybridized carbons (Fsp3) is 0.727. The van der Waals surface area contributed by atoms with E-state index in [-0.39, 0.29) is 18.6 Å². The van der Waals surface area contributed by atoms with Gasteiger partial charge in [-0.25, -0.2) is 0 Å². The van der Waals surface area contributed by atoms with Crippen molar-refractivity contribution < 1.29 is 9.53 Å². The highest BCUT2D eigenvalue weighted by Gasteiger charge is 2.10. The van der Waals surface area contributed by atoms with Gasteiger partial charge in [0.15, 0.2) is 0 Å². The van der Waals surface area contributed by atoms with Crippen LogP contribution < -0.4 is 5.32 Å². The van der Waals surface area contributed by atoms with Crippen LogP contribution in [-0.4, -0.2) is 25.2 Å². The Labute approximate surface area is 86.2 Å². The van der Waals surface area contributed by atoms with Gasteiger partial charge >= 0.3 is 5.97 Å². The van der Waals surface area contributed by atoms with Gasteiger partial charge in [0.2, 0.25) is 0 Å². The lowest BCUT2D eigenvalue weighted by Crippen LogP contribution is -2.28. The van der Waals surface area contributed by atoms with E-state index in [1.165, 1.54) is 0 Å². The minimum absolute atomic E-state index is 0.0184. The van der Waals surface area contributed by atoms with Gasteiger partial charge in [0, 0.05) is 0 Å². The number of ether oxygens (including phenoxy) is 1. The number of esters is 1. The second-order valence-electron chi connectivity index (χ2n) is 3.74. The quantitative estimate of drug-likeness (QED) is 0.395. The molecule has 0 aliphatic carbocycles. The summed E-state index contributed by atoms with van der Waals surface area (Å²) >= 11 is 0. The molecule has 0 aliphatic heterocycles. The van der Waals surface area contributed by atoms with E-state index in [0.29, 0.717) is 12.5 Å². The highest BCUT2D eigenvalue weighted by atomic mass is 16.5. The second kappa shape index (κ2) is 7.40. The molecule has 0 aromatic heterocycles. The topological polar surface area (TPSA) is 38.3 Å². The fourth-order valence-electron chi connectivity index (χ4n) is 1.21. The molecule has 0 bridgehead atoms. The van der Waals surface area contributed by atoms with Crippen LogP contribution in [0.25, 0.3) is 0 Å². The summed E-state index contributed by atoms with van der Waals surface area (Å²) in [4.78, 5) is 11.2. The molecule has 3 heteroatoms. The van der Waals surface area contributed by atoms with Crippen molar-refractivity contribution in [1.82, 2.24) is 5.32 Å². The summed E-state index contributed by atoms with van der Waals surface area (Å²) in [5.74, 6) is 2.69. The number of hydrogen-bond donors (Lipinski definition) is 1. The molecular weight excluding hydrogens is 178 g/mol. The van der Waals surface area contributed by atoms with E-state index in [2.05, 4.69) is 25.1 Å². The first-order valence-electron chi connectivity index (χ1n) is 4.90. The number of carbonyl (C=O) groups is 1. The molecule has 0 aliphatic rings. The van der Waals surface area contributed by atoms with E-state index in [0.717, 1.165) is 6.42 Å². The van der Waals surface area contributed by atoms with Crippen LogP contribution in [0.2, 0.25) is 0 Å². The molecule has 80 valence electrons. The van der Waals surface area contributed by atoms with Gasteiger partial charge in [-0.15, -0.1) is 6.42 Å². The van der Waals surface area contributed by atoms with E-state index in [4.69, 9.17) is 11.2 Å². The monoisotopic (exact) mass is 197 g/mol. The minimum atomic E-state index is -0.242. The Balaban J connectivity index is 3.56. The number of terminal acetylenes is 1. The number of carbonyl (C=O) groups excluding carboxylic acids is 1. The fourth-order valence-corrected chi connectivity index (χ4v) is 1.21. The molecule has 1 N–H and O–H groups in total. The zero-order valence-electron chi connectivity index (χ0n) is 9.17. The van der Waals surface area contributed by atoms with Crippen molar-refractivity contribution in [2.45, 2.75) is 33.3 Å². The Morgan fingerprint density at radius 1 is 1.50 bits per heavy atom. The molecule has 0 amide bonds. The van der Waals surface area contributed by atoms with Crippen LogP contribution in [-0.2, 0) is 9.53 Å². The first-order chi connectivity index (χ1) is 6.56. The molecule has 0 saturated carbocycles. The van der Waals surface area contributed by atoms with Gasteiger partial charge in [-0.3, -0.25) is 10.1 Å². The smallest absolute Gasteiger partial charge is 0.320 e. The standard InChI is InChI=1S/C11H19NO2/c1-5-6-12-8-11(13)14-10(4)7-9(2)3/h1,9-10,12H,6-8H2,2-4H3. The molecule has 3 nitrogen and oxygen atoms in total. The molecule has 0 aromatic carbocycles. The van der Waals surface area contributed by atoms with Crippen molar-refractivity contribution in [3.63, 3.8) is 0 Å². The molecule has 0 fully saturated rings. The van der Waals surface area contributed by atoms with Gasteiger partial charge in [0.1, 0.15) is 0 Å². The highest BCUT2D eigenvalue weighted by Crippen LogP contribution is 2.07. The molecule has 0 saturated heterocycles. The van der Waals surface area contributed by atoms with Crippen LogP contribution in [0.4, 0.5) is 0 Å². The van der Waals surface area contributed by atoms with Crippen LogP contribution >= 0.6 is 0 Å². The molecule has 1 atom stereocenters. The molecule has 0 heterocycles. The molecular formula is C11H19NO2. The number of hydrogen-bond acceptors (Lipinski definition) is 3. The maximum atomic E-state index is 11.2. The predicted molar refractivity (Wildman–Crippen MR) is 56.7 cm³/mol. The Morgan fingerprint density at radius 3 is 2.64 bits per heavy atom. The molecule has 0 aromatic rings. The van der Waals surface area contributed by atoms with Gasteiger partial charge in [-0.1, -0.05) is 19.8 Å². The molecule has 0 rings (SSSR count). The van der Waals surface area contributed by atoms with E-state index in [1.807, 2.05) is 6.92 Å². The third-order valence-corrected chi connectivity index (χ3v) is 1.63. The van der Waals surface area contributed by atoms with Crippen molar-refractivity contribution in [3.05, 3.63) is 0 Å². The number of rotatable bonds is 6. The van der Waals surface area contributed by atoms with Gasteiger partial charge in [-0.05, 0) is 19.3 Å². The van der Waals surface area contributed by atoms with E-state index in [1.54, 1.807) is 0 Å². The van der Waals surface area contributed by atoms with Crippen LogP contribution in [0.3, 0.4) is 0 Å². The maximum absolute atomic E-state index is 11.2. The molecule has 0 spiro atoms. The summed E-state index contributed by atoms with van der Waals surface area (Å²) in [6.07, 6.45) is 5.89. The van der Waals surface area contributed by atoms with Crippen LogP contribution in [0.15, 0.2) is 0 Å². The van der Waals surface area contributed by atoms with Crippen molar-refractivity contribution in [2.24, 2.45) is 5.92 Å². The summed E-state index contributed by atoms with van der Waals surface area (Å²) < 4.78 is 5.14. The van der Waals surface area contributed by atoms with Crippen LogP contribution in [0.1, 0.15) is 27.2 Å². The number of nitrogens with one attached hydrogen (secondary N) is 1. The minimum Gasteiger partial charge on any atom is -0.462 e. The highest BCUT2D eigenvalue weighted by molar-refractivity contribution is 5.71. The average Bonchev–Trinajstić information content (AvgIpc) is 2.02. The Bertz CT molecular complexity index is 206. The molecule has 14 heavy (non-hydrogen) atoms. The van der Waals surface area contributed by atoms with Gasteiger partial charge in [0.05, 0.1) is 19.2 Å². The maximum Gasteiger partial charge on any atom is 0.320 e. The Kier molecular flexibility index (Phi) is 6.87. The third kappa shape index (κ3) is 7.63. The predicted octanol–water partition coefficient (Wildman–Crippen LogP) is 1.19. The third-order valence-electron chi connectivity index (χ3n) is 1.63. The van der Waals surface area contributed by atoms with E-state index < -0.39 is 0 Å². The largest absolute Gasteiger partial charge is 0.462 e. The van der Waals surface area contributed by atoms with Gasteiger partial charge in [0.25, 0.3) is 0 Å². The lowest BCUT2D eigenvalue weighted by atomic mass is 10.1. The van der Waals surface area contributed by atoms with Crippen LogP contribution in [0, 0.1) is 18.3 Å². The second-order valence-corrected chi connectivity index (χ2v) is 3.74. The van der Waals surface area contributed by atoms with Crippen LogP contribution in [0.5, 0.6) is 0 Å². The first-order valence-corrected chi connectivity index (χ1v) is 4.90. The molecule has 0 radical (unpaired) electrons. The summed E-state index contributed by atoms with van der Waals surface area (Å²) in [7, 11) is 0. The zero-order valence-corrected chi connectivity index (χ0v) is 9.17. The van der Waals surface area contributed by atoms with Gasteiger partial charge in [-0.2, -0.15) is 0 Å². The van der Waals surface area contributed by atoms with Crippen molar-refractivity contribution in [2.75, 3.05) is 13.1 Å². The summed E-state index contributed by atoms with van der Waals surface area (Å²) in [5.41, 5.74) is 0. The van der Waals surface area contributed by atoms with Crippen molar-refractivity contribution in [1.29, 1.82) is 0 Å². The van der Waals surface area contributed by atoms with E-state index >= 15 is 0 Å².